The topological polar surface area (TPSA) is 15.3 Å². The van der Waals surface area contributed by atoms with Crippen molar-refractivity contribution < 1.29 is 0 Å². The molecule has 0 aromatic rings. The fourth-order valence-electron chi connectivity index (χ4n) is 3.10. The number of nitrogens with one attached hydrogen (secondary N) is 1. The lowest BCUT2D eigenvalue weighted by Gasteiger charge is -2.36. The molecule has 1 aliphatic carbocycles. The minimum atomic E-state index is 0.582. The van der Waals surface area contributed by atoms with Crippen molar-refractivity contribution >= 4 is 0 Å². The zero-order chi connectivity index (χ0) is 10.7. The number of nitrogens with zero attached hydrogens (tertiary/aromatic N) is 1. The van der Waals surface area contributed by atoms with Crippen LogP contribution in [0.25, 0.3) is 0 Å². The summed E-state index contributed by atoms with van der Waals surface area (Å²) < 4.78 is 0. The molecule has 2 nitrogen and oxygen atoms in total. The van der Waals surface area contributed by atoms with Crippen LogP contribution in [-0.2, 0) is 0 Å². The van der Waals surface area contributed by atoms with Crippen LogP contribution in [0.4, 0.5) is 0 Å². The highest BCUT2D eigenvalue weighted by Crippen LogP contribution is 2.32. The summed E-state index contributed by atoms with van der Waals surface area (Å²) in [5.41, 5.74) is 0.582. The minimum Gasteiger partial charge on any atom is -0.316 e. The van der Waals surface area contributed by atoms with Gasteiger partial charge < -0.3 is 10.2 Å². The van der Waals surface area contributed by atoms with Crippen LogP contribution in [0.1, 0.15) is 39.0 Å². The summed E-state index contributed by atoms with van der Waals surface area (Å²) in [6.07, 6.45) is 7.12. The molecule has 1 saturated carbocycles. The van der Waals surface area contributed by atoms with Crippen molar-refractivity contribution in [2.24, 2.45) is 11.3 Å². The average molecular weight is 210 g/mol. The van der Waals surface area contributed by atoms with E-state index in [-0.39, 0.29) is 0 Å². The van der Waals surface area contributed by atoms with E-state index in [1.807, 2.05) is 0 Å². The standard InChI is InChI=1S/C13H26N2/c1-3-13(7-8-14-10-13)11-15(2)9-12-5-4-6-12/h12,14H,3-11H2,1-2H3. The van der Waals surface area contributed by atoms with Crippen LogP contribution in [0.15, 0.2) is 0 Å². The van der Waals surface area contributed by atoms with Crippen molar-refractivity contribution in [1.82, 2.24) is 10.2 Å². The molecule has 0 radical (unpaired) electrons. The second-order valence-electron chi connectivity index (χ2n) is 5.77. The number of hydrogen-bond donors (Lipinski definition) is 1. The van der Waals surface area contributed by atoms with Gasteiger partial charge in [0.2, 0.25) is 0 Å². The second kappa shape index (κ2) is 4.84. The molecule has 2 heteroatoms. The monoisotopic (exact) mass is 210 g/mol. The summed E-state index contributed by atoms with van der Waals surface area (Å²) in [6.45, 7) is 7.45. The zero-order valence-corrected chi connectivity index (χ0v) is 10.4. The van der Waals surface area contributed by atoms with Gasteiger partial charge >= 0.3 is 0 Å². The molecule has 1 aliphatic heterocycles. The van der Waals surface area contributed by atoms with Crippen molar-refractivity contribution in [3.8, 4) is 0 Å². The highest BCUT2D eigenvalue weighted by molar-refractivity contribution is 4.89. The predicted molar refractivity (Wildman–Crippen MR) is 65.0 cm³/mol. The van der Waals surface area contributed by atoms with E-state index in [1.165, 1.54) is 58.3 Å². The van der Waals surface area contributed by atoms with Crippen molar-refractivity contribution in [2.45, 2.75) is 39.0 Å². The predicted octanol–water partition coefficient (Wildman–Crippen LogP) is 2.11. The Morgan fingerprint density at radius 2 is 2.20 bits per heavy atom. The minimum absolute atomic E-state index is 0.582. The largest absolute Gasteiger partial charge is 0.316 e. The molecule has 2 rings (SSSR count). The molecule has 0 aromatic carbocycles. The quantitative estimate of drug-likeness (QED) is 0.747. The lowest BCUT2D eigenvalue weighted by atomic mass is 9.82. The van der Waals surface area contributed by atoms with Crippen LogP contribution in [0.2, 0.25) is 0 Å². The fourth-order valence-corrected chi connectivity index (χ4v) is 3.10. The van der Waals surface area contributed by atoms with Gasteiger partial charge in [-0.3, -0.25) is 0 Å². The Kier molecular flexibility index (Phi) is 3.68. The molecule has 1 N–H and O–H groups in total. The van der Waals surface area contributed by atoms with Crippen LogP contribution < -0.4 is 5.32 Å². The van der Waals surface area contributed by atoms with Gasteiger partial charge in [-0.1, -0.05) is 13.3 Å². The van der Waals surface area contributed by atoms with E-state index in [4.69, 9.17) is 0 Å². The van der Waals surface area contributed by atoms with Gasteiger partial charge in [-0.15, -0.1) is 0 Å². The van der Waals surface area contributed by atoms with E-state index in [9.17, 15) is 0 Å². The van der Waals surface area contributed by atoms with Gasteiger partial charge in [-0.05, 0) is 50.6 Å². The molecule has 0 bridgehead atoms. The number of hydrogen-bond acceptors (Lipinski definition) is 2. The Labute approximate surface area is 94.4 Å². The van der Waals surface area contributed by atoms with Gasteiger partial charge in [-0.25, -0.2) is 0 Å². The first kappa shape index (κ1) is 11.4. The van der Waals surface area contributed by atoms with Crippen LogP contribution in [0, 0.1) is 11.3 Å². The van der Waals surface area contributed by atoms with E-state index in [0.717, 1.165) is 5.92 Å². The number of rotatable bonds is 5. The van der Waals surface area contributed by atoms with Crippen LogP contribution in [0.3, 0.4) is 0 Å². The molecular weight excluding hydrogens is 184 g/mol. The SMILES string of the molecule is CCC1(CN(C)CC2CCC2)CCNC1. The van der Waals surface area contributed by atoms with E-state index in [1.54, 1.807) is 0 Å². The van der Waals surface area contributed by atoms with E-state index < -0.39 is 0 Å². The van der Waals surface area contributed by atoms with Gasteiger partial charge in [0.25, 0.3) is 0 Å². The lowest BCUT2D eigenvalue weighted by Crippen LogP contribution is -2.40. The van der Waals surface area contributed by atoms with Gasteiger partial charge in [-0.2, -0.15) is 0 Å². The first-order chi connectivity index (χ1) is 7.24. The Hall–Kier alpha value is -0.0800. The molecule has 1 unspecified atom stereocenters. The molecule has 2 fully saturated rings. The highest BCUT2D eigenvalue weighted by Gasteiger charge is 2.33. The third kappa shape index (κ3) is 2.73. The summed E-state index contributed by atoms with van der Waals surface area (Å²) in [7, 11) is 2.31. The molecule has 1 saturated heterocycles. The molecule has 88 valence electrons. The molecule has 2 aliphatic rings. The first-order valence-corrected chi connectivity index (χ1v) is 6.63. The highest BCUT2D eigenvalue weighted by atomic mass is 15.1. The van der Waals surface area contributed by atoms with Gasteiger partial charge in [0, 0.05) is 19.6 Å². The van der Waals surface area contributed by atoms with Crippen molar-refractivity contribution in [2.75, 3.05) is 33.2 Å². The summed E-state index contributed by atoms with van der Waals surface area (Å²) >= 11 is 0. The second-order valence-corrected chi connectivity index (χ2v) is 5.77. The molecule has 1 heterocycles. The van der Waals surface area contributed by atoms with Gasteiger partial charge in [0.05, 0.1) is 0 Å². The van der Waals surface area contributed by atoms with E-state index >= 15 is 0 Å². The summed E-state index contributed by atoms with van der Waals surface area (Å²) in [4.78, 5) is 2.58. The maximum Gasteiger partial charge on any atom is 0.00476 e. The van der Waals surface area contributed by atoms with Crippen LogP contribution in [0.5, 0.6) is 0 Å². The van der Waals surface area contributed by atoms with Crippen molar-refractivity contribution in [3.05, 3.63) is 0 Å². The summed E-state index contributed by atoms with van der Waals surface area (Å²) in [6, 6.07) is 0. The summed E-state index contributed by atoms with van der Waals surface area (Å²) in [5.74, 6) is 1.01. The van der Waals surface area contributed by atoms with Crippen LogP contribution >= 0.6 is 0 Å². The third-order valence-corrected chi connectivity index (χ3v) is 4.48. The van der Waals surface area contributed by atoms with Crippen molar-refractivity contribution in [3.63, 3.8) is 0 Å². The molecule has 0 amide bonds. The van der Waals surface area contributed by atoms with Crippen LogP contribution in [-0.4, -0.2) is 38.1 Å². The molecule has 1 atom stereocenters. The maximum absolute atomic E-state index is 3.52. The molecular formula is C13H26N2. The Bertz CT molecular complexity index is 193. The Morgan fingerprint density at radius 3 is 2.67 bits per heavy atom. The van der Waals surface area contributed by atoms with E-state index in [2.05, 4.69) is 24.2 Å². The maximum atomic E-state index is 3.52. The normalized spacial score (nSPS) is 32.2. The Morgan fingerprint density at radius 1 is 1.40 bits per heavy atom. The smallest absolute Gasteiger partial charge is 0.00476 e. The van der Waals surface area contributed by atoms with E-state index in [0.29, 0.717) is 5.41 Å². The fraction of sp³-hybridized carbons (Fsp3) is 1.00. The third-order valence-electron chi connectivity index (χ3n) is 4.48. The molecule has 0 aromatic heterocycles. The van der Waals surface area contributed by atoms with Gasteiger partial charge in [0.15, 0.2) is 0 Å². The first-order valence-electron chi connectivity index (χ1n) is 6.63. The summed E-state index contributed by atoms with van der Waals surface area (Å²) in [5, 5.41) is 3.52. The Balaban J connectivity index is 1.77. The zero-order valence-electron chi connectivity index (χ0n) is 10.4. The average Bonchev–Trinajstić information content (AvgIpc) is 2.61. The molecule has 15 heavy (non-hydrogen) atoms. The lowest BCUT2D eigenvalue weighted by molar-refractivity contribution is 0.140. The van der Waals surface area contributed by atoms with Gasteiger partial charge in [0.1, 0.15) is 0 Å². The molecule has 0 spiro atoms. The van der Waals surface area contributed by atoms with Crippen molar-refractivity contribution in [1.29, 1.82) is 0 Å².